The minimum absolute atomic E-state index is 0.0307. The zero-order valence-corrected chi connectivity index (χ0v) is 22.1. The minimum atomic E-state index is -4.61. The van der Waals surface area contributed by atoms with Gasteiger partial charge in [-0.3, -0.25) is 24.5 Å². The molecule has 5 heterocycles. The second-order valence-corrected chi connectivity index (χ2v) is 9.43. The molecule has 41 heavy (non-hydrogen) atoms. The summed E-state index contributed by atoms with van der Waals surface area (Å²) in [6, 6.07) is -1.70. The van der Waals surface area contributed by atoms with Crippen LogP contribution < -0.4 is 5.32 Å². The Morgan fingerprint density at radius 3 is 2.61 bits per heavy atom. The number of fused-ring (bicyclic) bond motifs is 1. The number of nitrogens with one attached hydrogen (secondary N) is 1. The van der Waals surface area contributed by atoms with Crippen LogP contribution in [0.15, 0.2) is 34.2 Å². The molecule has 0 aliphatic carbocycles. The van der Waals surface area contributed by atoms with Crippen LogP contribution in [0.5, 0.6) is 0 Å². The van der Waals surface area contributed by atoms with Crippen LogP contribution in [0.3, 0.4) is 0 Å². The summed E-state index contributed by atoms with van der Waals surface area (Å²) in [6.07, 6.45) is -0.445. The maximum Gasteiger partial charge on any atom is 0.418 e. The fraction of sp³-hybridized carbons (Fsp3) is 0.375. The molecule has 14 nitrogen and oxygen atoms in total. The number of aromatic nitrogens is 5. The minimum Gasteiger partial charge on any atom is -0.337 e. The molecule has 214 valence electrons. The number of aliphatic imine (C=N–C) groups is 1. The van der Waals surface area contributed by atoms with Crippen LogP contribution >= 0.6 is 0 Å². The summed E-state index contributed by atoms with van der Waals surface area (Å²) in [7, 11) is 1.48. The van der Waals surface area contributed by atoms with Crippen molar-refractivity contribution in [2.75, 3.05) is 12.4 Å². The molecule has 0 saturated carbocycles. The zero-order valence-electron chi connectivity index (χ0n) is 22.1. The largest absolute Gasteiger partial charge is 0.418 e. The van der Waals surface area contributed by atoms with E-state index in [1.165, 1.54) is 55.6 Å². The number of amides is 4. The first kappa shape index (κ1) is 27.6. The quantitative estimate of drug-likeness (QED) is 0.462. The number of pyridine rings is 1. The monoisotopic (exact) mass is 572 g/mol. The molecule has 3 atom stereocenters. The van der Waals surface area contributed by atoms with Crippen molar-refractivity contribution in [3.8, 4) is 11.3 Å². The Labute approximate surface area is 230 Å². The number of anilines is 1. The van der Waals surface area contributed by atoms with Crippen LogP contribution in [-0.4, -0.2) is 89.3 Å². The number of likely N-dealkylation sites (N-methyl/N-ethyl adjacent to an activating group) is 1. The Bertz CT molecular complexity index is 1560. The molecule has 0 radical (unpaired) electrons. The molecule has 5 rings (SSSR count). The van der Waals surface area contributed by atoms with Crippen LogP contribution in [0.25, 0.3) is 11.3 Å². The molecule has 0 spiro atoms. The van der Waals surface area contributed by atoms with Gasteiger partial charge in [0.25, 0.3) is 5.91 Å². The van der Waals surface area contributed by atoms with E-state index in [1.54, 1.807) is 6.92 Å². The molecule has 4 amide bonds. The number of aryl methyl sites for hydroxylation is 2. The van der Waals surface area contributed by atoms with E-state index in [0.717, 1.165) is 11.0 Å². The number of urea groups is 1. The molecule has 1 saturated heterocycles. The van der Waals surface area contributed by atoms with Crippen molar-refractivity contribution in [2.45, 2.75) is 51.7 Å². The van der Waals surface area contributed by atoms with Gasteiger partial charge in [-0.1, -0.05) is 5.16 Å². The summed E-state index contributed by atoms with van der Waals surface area (Å²) in [5.41, 5.74) is -0.975. The lowest BCUT2D eigenvalue weighted by Crippen LogP contribution is -2.66. The maximum atomic E-state index is 13.4. The van der Waals surface area contributed by atoms with Gasteiger partial charge in [0, 0.05) is 24.5 Å². The topological polar surface area (TPSA) is 163 Å². The van der Waals surface area contributed by atoms with Crippen LogP contribution in [-0.2, 0) is 22.3 Å². The Morgan fingerprint density at radius 2 is 1.93 bits per heavy atom. The van der Waals surface area contributed by atoms with Gasteiger partial charge in [0.05, 0.1) is 30.0 Å². The first-order valence-electron chi connectivity index (χ1n) is 12.2. The van der Waals surface area contributed by atoms with Crippen molar-refractivity contribution >= 4 is 30.0 Å². The number of hydrogen-bond acceptors (Lipinski definition) is 11. The Hall–Kier alpha value is -4.96. The van der Waals surface area contributed by atoms with E-state index in [4.69, 9.17) is 4.52 Å². The zero-order chi connectivity index (χ0) is 29.6. The number of carbonyl (C=O) groups excluding carboxylic acids is 3. The fourth-order valence-corrected chi connectivity index (χ4v) is 4.49. The molecular formula is C24H23F3N10O4. The first-order valence-corrected chi connectivity index (χ1v) is 12.2. The van der Waals surface area contributed by atoms with Crippen LogP contribution in [0.1, 0.15) is 29.9 Å². The highest BCUT2D eigenvalue weighted by atomic mass is 19.4. The maximum absolute atomic E-state index is 13.4. The normalized spacial score (nSPS) is 19.5. The molecule has 2 unspecified atom stereocenters. The van der Waals surface area contributed by atoms with E-state index in [2.05, 4.69) is 35.4 Å². The van der Waals surface area contributed by atoms with Gasteiger partial charge in [-0.2, -0.15) is 18.2 Å². The SMILES string of the molecule is Cc1noc(CN2C(=O)C3C(N=CN3[C@@H](C)C(=O)Nc3cncc(-c4cnc(C)c(C(F)(F)F)c4)n3)N(C)C2=O)n1. The molecule has 2 aliphatic rings. The number of imide groups is 1. The van der Waals surface area contributed by atoms with Gasteiger partial charge in [-0.15, -0.1) is 0 Å². The molecule has 1 N–H and O–H groups in total. The molecule has 0 aromatic carbocycles. The van der Waals surface area contributed by atoms with Gasteiger partial charge in [-0.25, -0.2) is 14.8 Å². The molecule has 3 aromatic heterocycles. The van der Waals surface area contributed by atoms with E-state index in [1.807, 2.05) is 0 Å². The lowest BCUT2D eigenvalue weighted by atomic mass is 10.1. The molecule has 17 heteroatoms. The van der Waals surface area contributed by atoms with Crippen LogP contribution in [0, 0.1) is 13.8 Å². The fourth-order valence-electron chi connectivity index (χ4n) is 4.49. The van der Waals surface area contributed by atoms with Crippen molar-refractivity contribution < 1.29 is 32.1 Å². The summed E-state index contributed by atoms with van der Waals surface area (Å²) in [5.74, 6) is -0.840. The smallest absolute Gasteiger partial charge is 0.337 e. The summed E-state index contributed by atoms with van der Waals surface area (Å²) >= 11 is 0. The van der Waals surface area contributed by atoms with Gasteiger partial charge in [-0.05, 0) is 26.8 Å². The number of hydrogen-bond donors (Lipinski definition) is 1. The average molecular weight is 573 g/mol. The predicted molar refractivity (Wildman–Crippen MR) is 134 cm³/mol. The van der Waals surface area contributed by atoms with Crippen molar-refractivity contribution in [1.29, 1.82) is 0 Å². The third-order valence-corrected chi connectivity index (χ3v) is 6.67. The Kier molecular flexibility index (Phi) is 6.88. The van der Waals surface area contributed by atoms with Crippen LogP contribution in [0.2, 0.25) is 0 Å². The Morgan fingerprint density at radius 1 is 1.17 bits per heavy atom. The number of nitrogens with zero attached hydrogens (tertiary/aromatic N) is 9. The van der Waals surface area contributed by atoms with Crippen molar-refractivity contribution in [3.05, 3.63) is 47.6 Å². The van der Waals surface area contributed by atoms with E-state index in [9.17, 15) is 27.6 Å². The third-order valence-electron chi connectivity index (χ3n) is 6.67. The summed E-state index contributed by atoms with van der Waals surface area (Å²) in [6.45, 7) is 4.11. The predicted octanol–water partition coefficient (Wildman–Crippen LogP) is 2.02. The molecule has 3 aromatic rings. The Balaban J connectivity index is 1.33. The van der Waals surface area contributed by atoms with E-state index < -0.39 is 47.8 Å². The van der Waals surface area contributed by atoms with E-state index in [0.29, 0.717) is 5.82 Å². The number of halogens is 3. The van der Waals surface area contributed by atoms with Gasteiger partial charge in [0.15, 0.2) is 23.8 Å². The first-order chi connectivity index (χ1) is 19.3. The molecular weight excluding hydrogens is 549 g/mol. The molecule has 0 bridgehead atoms. The highest BCUT2D eigenvalue weighted by molar-refractivity contribution is 6.03. The summed E-state index contributed by atoms with van der Waals surface area (Å²) in [4.78, 5) is 63.4. The standard InChI is InChI=1S/C24H23F3N10O4/c1-11-15(24(25,26)27)5-14(6-29-11)16-7-28-8-17(32-16)33-21(38)12(2)37-10-30-20-19(37)22(39)36(23(40)35(20)4)9-18-31-13(3)34-41-18/h5-8,10,12,19-20H,9H2,1-4H3,(H,32,33,38)/t12-,19?,20?/m0/s1. The van der Waals surface area contributed by atoms with E-state index in [-0.39, 0.29) is 35.2 Å². The third kappa shape index (κ3) is 5.17. The number of rotatable bonds is 6. The van der Waals surface area contributed by atoms with E-state index >= 15 is 0 Å². The van der Waals surface area contributed by atoms with Crippen molar-refractivity contribution in [3.63, 3.8) is 0 Å². The van der Waals surface area contributed by atoms with Crippen molar-refractivity contribution in [2.24, 2.45) is 4.99 Å². The lowest BCUT2D eigenvalue weighted by Gasteiger charge is -2.41. The molecule has 2 aliphatic heterocycles. The van der Waals surface area contributed by atoms with Crippen molar-refractivity contribution in [1.82, 2.24) is 39.8 Å². The molecule has 1 fully saturated rings. The van der Waals surface area contributed by atoms with Crippen LogP contribution in [0.4, 0.5) is 23.8 Å². The van der Waals surface area contributed by atoms with Gasteiger partial charge >= 0.3 is 12.2 Å². The lowest BCUT2D eigenvalue weighted by molar-refractivity contribution is -0.140. The second-order valence-electron chi connectivity index (χ2n) is 9.43. The highest BCUT2D eigenvalue weighted by Crippen LogP contribution is 2.33. The second kappa shape index (κ2) is 10.2. The summed E-state index contributed by atoms with van der Waals surface area (Å²) in [5, 5.41) is 6.24. The highest BCUT2D eigenvalue weighted by Gasteiger charge is 2.51. The van der Waals surface area contributed by atoms with Gasteiger partial charge < -0.3 is 19.6 Å². The average Bonchev–Trinajstić information content (AvgIpc) is 3.55. The van der Waals surface area contributed by atoms with Gasteiger partial charge in [0.1, 0.15) is 12.6 Å². The van der Waals surface area contributed by atoms with Gasteiger partial charge in [0.2, 0.25) is 11.8 Å². The summed E-state index contributed by atoms with van der Waals surface area (Å²) < 4.78 is 45.1. The number of carbonyl (C=O) groups is 3. The number of alkyl halides is 3.